The van der Waals surface area contributed by atoms with Gasteiger partial charge < -0.3 is 15.1 Å². The number of hydrogen-bond donors (Lipinski definition) is 1. The number of benzene rings is 2. The van der Waals surface area contributed by atoms with Crippen molar-refractivity contribution >= 4 is 27.6 Å². The molecule has 0 aliphatic carbocycles. The van der Waals surface area contributed by atoms with Gasteiger partial charge in [-0.2, -0.15) is 0 Å². The van der Waals surface area contributed by atoms with Crippen molar-refractivity contribution in [3.8, 4) is 0 Å². The molecule has 2 aromatic carbocycles. The van der Waals surface area contributed by atoms with Crippen LogP contribution in [0.1, 0.15) is 16.7 Å². The minimum atomic E-state index is 0.0172. The van der Waals surface area contributed by atoms with Crippen molar-refractivity contribution in [1.82, 2.24) is 10.2 Å². The summed E-state index contributed by atoms with van der Waals surface area (Å²) in [5.41, 5.74) is 5.03. The summed E-state index contributed by atoms with van der Waals surface area (Å²) in [6, 6.07) is 14.5. The van der Waals surface area contributed by atoms with Gasteiger partial charge in [0.2, 0.25) is 0 Å². The van der Waals surface area contributed by atoms with E-state index in [-0.39, 0.29) is 6.03 Å². The maximum absolute atomic E-state index is 12.4. The van der Waals surface area contributed by atoms with E-state index in [0.29, 0.717) is 6.54 Å². The highest BCUT2D eigenvalue weighted by molar-refractivity contribution is 9.10. The molecule has 1 heterocycles. The molecule has 0 aromatic heterocycles. The van der Waals surface area contributed by atoms with Gasteiger partial charge in [0, 0.05) is 42.9 Å². The summed E-state index contributed by atoms with van der Waals surface area (Å²) in [4.78, 5) is 16.7. The van der Waals surface area contributed by atoms with E-state index >= 15 is 0 Å². The van der Waals surface area contributed by atoms with Crippen LogP contribution in [-0.4, -0.2) is 37.1 Å². The van der Waals surface area contributed by atoms with Gasteiger partial charge in [0.05, 0.1) is 0 Å². The molecule has 3 rings (SSSR count). The van der Waals surface area contributed by atoms with Gasteiger partial charge in [0.15, 0.2) is 0 Å². The van der Waals surface area contributed by atoms with Crippen LogP contribution >= 0.6 is 15.9 Å². The van der Waals surface area contributed by atoms with Gasteiger partial charge in [-0.25, -0.2) is 4.79 Å². The summed E-state index contributed by atoms with van der Waals surface area (Å²) in [5, 5.41) is 3.02. The van der Waals surface area contributed by atoms with Crippen molar-refractivity contribution < 1.29 is 4.79 Å². The third kappa shape index (κ3) is 4.34. The minimum absolute atomic E-state index is 0.0172. The first-order chi connectivity index (χ1) is 12.0. The number of urea groups is 1. The number of rotatable bonds is 3. The van der Waals surface area contributed by atoms with Crippen LogP contribution in [0.25, 0.3) is 0 Å². The Bertz CT molecular complexity index is 737. The fourth-order valence-corrected chi connectivity index (χ4v) is 3.38. The van der Waals surface area contributed by atoms with E-state index in [1.54, 1.807) is 0 Å². The van der Waals surface area contributed by atoms with Crippen molar-refractivity contribution in [2.24, 2.45) is 0 Å². The molecule has 5 heteroatoms. The van der Waals surface area contributed by atoms with Crippen molar-refractivity contribution in [1.29, 1.82) is 0 Å². The Morgan fingerprint density at radius 3 is 2.40 bits per heavy atom. The molecule has 1 N–H and O–H groups in total. The Morgan fingerprint density at radius 2 is 1.72 bits per heavy atom. The average Bonchev–Trinajstić information content (AvgIpc) is 2.63. The van der Waals surface area contributed by atoms with Crippen molar-refractivity contribution in [2.45, 2.75) is 20.4 Å². The van der Waals surface area contributed by atoms with Crippen LogP contribution in [0.15, 0.2) is 46.9 Å². The Balaban J connectivity index is 1.52. The van der Waals surface area contributed by atoms with Crippen LogP contribution in [0.4, 0.5) is 10.5 Å². The van der Waals surface area contributed by atoms with Crippen molar-refractivity contribution in [3.63, 3.8) is 0 Å². The second kappa shape index (κ2) is 7.91. The Kier molecular flexibility index (Phi) is 5.63. The van der Waals surface area contributed by atoms with Crippen LogP contribution in [-0.2, 0) is 6.54 Å². The highest BCUT2D eigenvalue weighted by Gasteiger charge is 2.22. The lowest BCUT2D eigenvalue weighted by molar-refractivity contribution is 0.194. The number of anilines is 1. The Labute approximate surface area is 158 Å². The quantitative estimate of drug-likeness (QED) is 0.839. The largest absolute Gasteiger partial charge is 0.368 e. The van der Waals surface area contributed by atoms with Crippen LogP contribution in [0, 0.1) is 13.8 Å². The number of aryl methyl sites for hydroxylation is 1. The number of nitrogens with one attached hydrogen (secondary N) is 1. The summed E-state index contributed by atoms with van der Waals surface area (Å²) in [7, 11) is 0. The second-order valence-electron chi connectivity index (χ2n) is 6.48. The van der Waals surface area contributed by atoms with Crippen LogP contribution in [0.2, 0.25) is 0 Å². The highest BCUT2D eigenvalue weighted by atomic mass is 79.9. The summed E-state index contributed by atoms with van der Waals surface area (Å²) < 4.78 is 1.05. The predicted molar refractivity (Wildman–Crippen MR) is 106 cm³/mol. The molecule has 0 unspecified atom stereocenters. The lowest BCUT2D eigenvalue weighted by Gasteiger charge is -2.37. The average molecular weight is 402 g/mol. The van der Waals surface area contributed by atoms with Crippen molar-refractivity contribution in [2.75, 3.05) is 31.1 Å². The number of carbonyl (C=O) groups excluding carboxylic acids is 1. The smallest absolute Gasteiger partial charge is 0.317 e. The number of halogens is 1. The van der Waals surface area contributed by atoms with Gasteiger partial charge in [0.25, 0.3) is 0 Å². The summed E-state index contributed by atoms with van der Waals surface area (Å²) >= 11 is 3.42. The summed E-state index contributed by atoms with van der Waals surface area (Å²) in [6.07, 6.45) is 0. The zero-order chi connectivity index (χ0) is 17.8. The predicted octanol–water partition coefficient (Wildman–Crippen LogP) is 4.10. The lowest BCUT2D eigenvalue weighted by atomic mass is 10.1. The van der Waals surface area contributed by atoms with Gasteiger partial charge in [-0.3, -0.25) is 0 Å². The van der Waals surface area contributed by atoms with E-state index < -0.39 is 0 Å². The first kappa shape index (κ1) is 17.8. The molecular formula is C20H24BrN3O. The molecule has 1 aliphatic heterocycles. The van der Waals surface area contributed by atoms with Crippen molar-refractivity contribution in [3.05, 3.63) is 63.6 Å². The Hall–Kier alpha value is -2.01. The van der Waals surface area contributed by atoms with E-state index in [1.807, 2.05) is 29.2 Å². The molecule has 0 saturated carbocycles. The van der Waals surface area contributed by atoms with Gasteiger partial charge >= 0.3 is 6.03 Å². The fraction of sp³-hybridized carbons (Fsp3) is 0.350. The monoisotopic (exact) mass is 401 g/mol. The third-order valence-corrected chi connectivity index (χ3v) is 5.37. The molecule has 0 radical (unpaired) electrons. The summed E-state index contributed by atoms with van der Waals surface area (Å²) in [6.45, 7) is 8.11. The maximum Gasteiger partial charge on any atom is 0.317 e. The normalized spacial score (nSPS) is 14.5. The topological polar surface area (TPSA) is 35.6 Å². The van der Waals surface area contributed by atoms with Gasteiger partial charge in [0.1, 0.15) is 0 Å². The molecule has 1 aliphatic rings. The number of piperazine rings is 1. The highest BCUT2D eigenvalue weighted by Crippen LogP contribution is 2.23. The molecule has 0 spiro atoms. The van der Waals surface area contributed by atoms with E-state index in [4.69, 9.17) is 0 Å². The Morgan fingerprint density at radius 1 is 1.04 bits per heavy atom. The zero-order valence-electron chi connectivity index (χ0n) is 14.8. The second-order valence-corrected chi connectivity index (χ2v) is 7.39. The molecule has 132 valence electrons. The summed E-state index contributed by atoms with van der Waals surface area (Å²) in [5.74, 6) is 0. The molecule has 4 nitrogen and oxygen atoms in total. The van der Waals surface area contributed by atoms with Crippen LogP contribution in [0.5, 0.6) is 0 Å². The number of carbonyl (C=O) groups is 1. The molecule has 0 bridgehead atoms. The van der Waals surface area contributed by atoms with E-state index in [1.165, 1.54) is 16.8 Å². The standard InChI is InChI=1S/C20H24BrN3O/c1-15-4-3-5-19(16(15)2)23-10-12-24(13-11-23)20(25)22-14-17-6-8-18(21)9-7-17/h3-9H,10-14H2,1-2H3,(H,22,25). The van der Waals surface area contributed by atoms with Crippen LogP contribution in [0.3, 0.4) is 0 Å². The first-order valence-electron chi connectivity index (χ1n) is 8.63. The molecular weight excluding hydrogens is 378 g/mol. The lowest BCUT2D eigenvalue weighted by Crippen LogP contribution is -2.51. The molecule has 25 heavy (non-hydrogen) atoms. The van der Waals surface area contributed by atoms with Gasteiger partial charge in [-0.1, -0.05) is 40.2 Å². The number of amides is 2. The minimum Gasteiger partial charge on any atom is -0.368 e. The molecule has 1 fully saturated rings. The van der Waals surface area contributed by atoms with Gasteiger partial charge in [-0.15, -0.1) is 0 Å². The van der Waals surface area contributed by atoms with E-state index in [2.05, 4.69) is 58.2 Å². The molecule has 2 aromatic rings. The molecule has 1 saturated heterocycles. The van der Waals surface area contributed by atoms with E-state index in [9.17, 15) is 4.79 Å². The fourth-order valence-electron chi connectivity index (χ4n) is 3.12. The SMILES string of the molecule is Cc1cccc(N2CCN(C(=O)NCc3ccc(Br)cc3)CC2)c1C. The molecule has 2 amide bonds. The zero-order valence-corrected chi connectivity index (χ0v) is 16.3. The first-order valence-corrected chi connectivity index (χ1v) is 9.42. The number of hydrogen-bond acceptors (Lipinski definition) is 2. The number of nitrogens with zero attached hydrogens (tertiary/aromatic N) is 2. The van der Waals surface area contributed by atoms with Gasteiger partial charge in [-0.05, 0) is 48.7 Å². The van der Waals surface area contributed by atoms with Crippen LogP contribution < -0.4 is 10.2 Å². The van der Waals surface area contributed by atoms with E-state index in [0.717, 1.165) is 36.2 Å². The third-order valence-electron chi connectivity index (χ3n) is 4.84. The maximum atomic E-state index is 12.4. The molecule has 0 atom stereocenters.